The molecule has 3 aromatic heterocycles. The number of hydrogen-bond donors (Lipinski definition) is 0. The van der Waals surface area contributed by atoms with E-state index in [1.54, 1.807) is 0 Å². The first kappa shape index (κ1) is 30.6. The Hall–Kier alpha value is -7.17. The Morgan fingerprint density at radius 1 is 0.302 bits per heavy atom. The molecule has 0 aliphatic carbocycles. The predicted molar refractivity (Wildman–Crippen MR) is 218 cm³/mol. The third-order valence-electron chi connectivity index (χ3n) is 10.0. The van der Waals surface area contributed by atoms with Crippen LogP contribution in [0.5, 0.6) is 0 Å². The van der Waals surface area contributed by atoms with Crippen LogP contribution in [-0.4, -0.2) is 19.4 Å². The minimum absolute atomic E-state index is 0.851. The van der Waals surface area contributed by atoms with E-state index < -0.39 is 0 Å². The van der Waals surface area contributed by atoms with Crippen LogP contribution in [0, 0.1) is 0 Å². The Labute approximate surface area is 307 Å². The Morgan fingerprint density at radius 3 is 1.23 bits per heavy atom. The van der Waals surface area contributed by atoms with E-state index in [0.29, 0.717) is 0 Å². The summed E-state index contributed by atoms with van der Waals surface area (Å²) >= 11 is 0. The molecule has 10 rings (SSSR count). The Balaban J connectivity index is 1.06. The largest absolute Gasteiger partial charge is 0.292 e. The van der Waals surface area contributed by atoms with Gasteiger partial charge < -0.3 is 0 Å². The molecule has 0 saturated heterocycles. The second-order valence-electron chi connectivity index (χ2n) is 13.2. The molecule has 0 N–H and O–H groups in total. The highest BCUT2D eigenvalue weighted by Crippen LogP contribution is 2.38. The summed E-state index contributed by atoms with van der Waals surface area (Å²) in [6.45, 7) is 0. The smallest absolute Gasteiger partial charge is 0.146 e. The molecule has 0 spiro atoms. The second kappa shape index (κ2) is 12.9. The van der Waals surface area contributed by atoms with Crippen molar-refractivity contribution in [2.45, 2.75) is 0 Å². The maximum atomic E-state index is 5.41. The molecule has 0 radical (unpaired) electrons. The van der Waals surface area contributed by atoms with Crippen molar-refractivity contribution in [2.75, 3.05) is 0 Å². The number of fused-ring (bicyclic) bond motifs is 5. The van der Waals surface area contributed by atoms with Crippen LogP contribution in [0.4, 0.5) is 0 Å². The predicted octanol–water partition coefficient (Wildman–Crippen LogP) is 12.4. The maximum Gasteiger partial charge on any atom is 0.146 e. The normalized spacial score (nSPS) is 11.4. The number of nitrogens with zero attached hydrogens (tertiary/aromatic N) is 4. The summed E-state index contributed by atoms with van der Waals surface area (Å²) in [4.78, 5) is 15.9. The van der Waals surface area contributed by atoms with E-state index in [1.807, 2.05) is 24.3 Å². The van der Waals surface area contributed by atoms with Crippen molar-refractivity contribution in [1.82, 2.24) is 19.4 Å². The third-order valence-corrected chi connectivity index (χ3v) is 10.0. The standard InChI is InChI=1S/C49H32N4/c1-4-14-36(15-5-1)45-46(37-16-6-2-7-17-37)52-48(47(51-45)38-18-8-3-9-19-38)39-30-26-34(27-31-39)33-24-28-35(29-25-33)41-32-40-20-10-12-22-43(40)53-44-23-13-11-21-42(44)50-49(41)53/h1-32H. The Kier molecular flexibility index (Phi) is 7.43. The molecule has 3 heterocycles. The lowest BCUT2D eigenvalue weighted by Gasteiger charge is -2.16. The van der Waals surface area contributed by atoms with Crippen molar-refractivity contribution in [3.63, 3.8) is 0 Å². The van der Waals surface area contributed by atoms with Gasteiger partial charge >= 0.3 is 0 Å². The molecule has 0 aliphatic rings. The van der Waals surface area contributed by atoms with Crippen LogP contribution < -0.4 is 0 Å². The molecule has 0 atom stereocenters. The van der Waals surface area contributed by atoms with Gasteiger partial charge in [-0.1, -0.05) is 170 Å². The van der Waals surface area contributed by atoms with Crippen molar-refractivity contribution in [2.24, 2.45) is 0 Å². The molecule has 0 saturated carbocycles. The molecule has 0 bridgehead atoms. The van der Waals surface area contributed by atoms with E-state index in [4.69, 9.17) is 15.0 Å². The van der Waals surface area contributed by atoms with Gasteiger partial charge in [0.05, 0.1) is 39.3 Å². The van der Waals surface area contributed by atoms with Crippen molar-refractivity contribution in [3.8, 4) is 67.3 Å². The quantitative estimate of drug-likeness (QED) is 0.176. The fourth-order valence-corrected chi connectivity index (χ4v) is 7.39. The highest BCUT2D eigenvalue weighted by atomic mass is 15.0. The molecule has 0 aliphatic heterocycles. The van der Waals surface area contributed by atoms with Gasteiger partial charge in [0.25, 0.3) is 0 Å². The number of rotatable bonds is 6. The van der Waals surface area contributed by atoms with Crippen molar-refractivity contribution < 1.29 is 0 Å². The summed E-state index contributed by atoms with van der Waals surface area (Å²) in [7, 11) is 0. The van der Waals surface area contributed by atoms with Gasteiger partial charge in [-0.05, 0) is 46.3 Å². The first-order chi connectivity index (χ1) is 26.3. The van der Waals surface area contributed by atoms with Gasteiger partial charge in [0, 0.05) is 27.8 Å². The zero-order valence-electron chi connectivity index (χ0n) is 28.8. The summed E-state index contributed by atoms with van der Waals surface area (Å²) in [5, 5.41) is 1.18. The van der Waals surface area contributed by atoms with E-state index in [9.17, 15) is 0 Å². The number of imidazole rings is 1. The topological polar surface area (TPSA) is 43.1 Å². The van der Waals surface area contributed by atoms with Gasteiger partial charge in [-0.2, -0.15) is 0 Å². The third kappa shape index (κ3) is 5.45. The monoisotopic (exact) mass is 676 g/mol. The fraction of sp³-hybridized carbons (Fsp3) is 0. The van der Waals surface area contributed by atoms with Crippen LogP contribution in [0.15, 0.2) is 194 Å². The van der Waals surface area contributed by atoms with Gasteiger partial charge in [-0.3, -0.25) is 4.40 Å². The molecule has 248 valence electrons. The molecule has 4 heteroatoms. The molecule has 10 aromatic rings. The first-order valence-corrected chi connectivity index (χ1v) is 17.9. The van der Waals surface area contributed by atoms with Crippen molar-refractivity contribution in [1.29, 1.82) is 0 Å². The second-order valence-corrected chi connectivity index (χ2v) is 13.2. The van der Waals surface area contributed by atoms with Crippen LogP contribution in [0.1, 0.15) is 0 Å². The molecule has 0 amide bonds. The number of pyridine rings is 1. The number of benzene rings is 7. The number of aromatic nitrogens is 4. The molecule has 7 aromatic carbocycles. The summed E-state index contributed by atoms with van der Waals surface area (Å²) in [5.41, 5.74) is 16.3. The summed E-state index contributed by atoms with van der Waals surface area (Å²) in [6.07, 6.45) is 0. The average Bonchev–Trinajstić information content (AvgIpc) is 3.64. The highest BCUT2D eigenvalue weighted by molar-refractivity contribution is 5.98. The van der Waals surface area contributed by atoms with Gasteiger partial charge in [-0.15, -0.1) is 0 Å². The summed E-state index contributed by atoms with van der Waals surface area (Å²) in [6, 6.07) is 67.7. The van der Waals surface area contributed by atoms with Crippen LogP contribution in [0.2, 0.25) is 0 Å². The Bertz CT molecular complexity index is 2900. The zero-order valence-corrected chi connectivity index (χ0v) is 28.8. The van der Waals surface area contributed by atoms with E-state index in [-0.39, 0.29) is 0 Å². The number of hydrogen-bond acceptors (Lipinski definition) is 3. The number of para-hydroxylation sites is 3. The summed E-state index contributed by atoms with van der Waals surface area (Å²) in [5.74, 6) is 0. The van der Waals surface area contributed by atoms with Gasteiger partial charge in [-0.25, -0.2) is 15.0 Å². The van der Waals surface area contributed by atoms with Crippen LogP contribution in [0.25, 0.3) is 94.9 Å². The zero-order chi connectivity index (χ0) is 35.1. The molecule has 0 fully saturated rings. The highest BCUT2D eigenvalue weighted by Gasteiger charge is 2.20. The lowest BCUT2D eigenvalue weighted by molar-refractivity contribution is 1.21. The van der Waals surface area contributed by atoms with Gasteiger partial charge in [0.2, 0.25) is 0 Å². The van der Waals surface area contributed by atoms with Crippen molar-refractivity contribution in [3.05, 3.63) is 194 Å². The molecule has 0 unspecified atom stereocenters. The average molecular weight is 677 g/mol. The molecular formula is C49H32N4. The molecular weight excluding hydrogens is 645 g/mol. The lowest BCUT2D eigenvalue weighted by atomic mass is 9.97. The van der Waals surface area contributed by atoms with Crippen LogP contribution in [-0.2, 0) is 0 Å². The molecule has 4 nitrogen and oxygen atoms in total. The summed E-state index contributed by atoms with van der Waals surface area (Å²) < 4.78 is 2.29. The van der Waals surface area contributed by atoms with E-state index in [1.165, 1.54) is 5.39 Å². The van der Waals surface area contributed by atoms with Gasteiger partial charge in [0.1, 0.15) is 5.65 Å². The van der Waals surface area contributed by atoms with Gasteiger partial charge in [0.15, 0.2) is 0 Å². The van der Waals surface area contributed by atoms with Crippen LogP contribution >= 0.6 is 0 Å². The molecule has 53 heavy (non-hydrogen) atoms. The lowest BCUT2D eigenvalue weighted by Crippen LogP contribution is -2.00. The van der Waals surface area contributed by atoms with E-state index >= 15 is 0 Å². The van der Waals surface area contributed by atoms with Crippen molar-refractivity contribution >= 4 is 27.6 Å². The SMILES string of the molecule is c1ccc(-c2nc(-c3ccccc3)c(-c3ccc(-c4ccc(-c5cc6ccccc6n6c5nc5ccccc56)cc4)cc3)nc2-c2ccccc2)cc1. The minimum Gasteiger partial charge on any atom is -0.292 e. The fourth-order valence-electron chi connectivity index (χ4n) is 7.39. The first-order valence-electron chi connectivity index (χ1n) is 17.9. The maximum absolute atomic E-state index is 5.41. The Morgan fingerprint density at radius 2 is 0.698 bits per heavy atom. The minimum atomic E-state index is 0.851. The van der Waals surface area contributed by atoms with Crippen LogP contribution in [0.3, 0.4) is 0 Å². The van der Waals surface area contributed by atoms with E-state index in [0.717, 1.165) is 89.5 Å². The van der Waals surface area contributed by atoms with E-state index in [2.05, 4.69) is 174 Å².